The molecule has 0 unspecified atom stereocenters. The highest BCUT2D eigenvalue weighted by atomic mass is 79.9. The Hall–Kier alpha value is -1.49. The Balaban J connectivity index is 2.57. The number of rotatable bonds is 1. The van der Waals surface area contributed by atoms with Crippen LogP contribution in [0.3, 0.4) is 0 Å². The van der Waals surface area contributed by atoms with Crippen LogP contribution in [0.1, 0.15) is 10.5 Å². The Labute approximate surface area is 94.9 Å². The van der Waals surface area contributed by atoms with Crippen LogP contribution in [-0.4, -0.2) is 22.9 Å². The maximum atomic E-state index is 11.3. The highest BCUT2D eigenvalue weighted by molar-refractivity contribution is 9.10. The number of nitrogens with one attached hydrogen (secondary N) is 1. The van der Waals surface area contributed by atoms with E-state index in [4.69, 9.17) is 0 Å². The maximum Gasteiger partial charge on any atom is 0.269 e. The highest BCUT2D eigenvalue weighted by Crippen LogP contribution is 2.15. The molecular weight excluding hydrogens is 258 g/mol. The van der Waals surface area contributed by atoms with Crippen molar-refractivity contribution < 1.29 is 4.79 Å². The predicted octanol–water partition coefficient (Wildman–Crippen LogP) is 1.75. The van der Waals surface area contributed by atoms with Crippen LogP contribution >= 0.6 is 15.9 Å². The van der Waals surface area contributed by atoms with Crippen LogP contribution in [0.15, 0.2) is 28.9 Å². The van der Waals surface area contributed by atoms with Crippen molar-refractivity contribution in [3.63, 3.8) is 0 Å². The van der Waals surface area contributed by atoms with Crippen LogP contribution in [0, 0.1) is 0 Å². The number of pyridine rings is 2. The van der Waals surface area contributed by atoms with E-state index >= 15 is 0 Å². The third-order valence-corrected chi connectivity index (χ3v) is 2.40. The van der Waals surface area contributed by atoms with Gasteiger partial charge in [-0.15, -0.1) is 0 Å². The first-order valence-corrected chi connectivity index (χ1v) is 5.14. The number of amides is 1. The predicted molar refractivity (Wildman–Crippen MR) is 60.6 cm³/mol. The number of nitrogens with zero attached hydrogens (tertiary/aromatic N) is 2. The van der Waals surface area contributed by atoms with Crippen LogP contribution in [0.5, 0.6) is 0 Å². The number of aromatic nitrogens is 2. The van der Waals surface area contributed by atoms with Crippen LogP contribution in [0.25, 0.3) is 11.0 Å². The van der Waals surface area contributed by atoms with Crippen molar-refractivity contribution in [3.8, 4) is 0 Å². The van der Waals surface area contributed by atoms with Gasteiger partial charge in [0.15, 0.2) is 5.65 Å². The molecule has 1 N–H and O–H groups in total. The minimum Gasteiger partial charge on any atom is -0.354 e. The van der Waals surface area contributed by atoms with Gasteiger partial charge in [0.2, 0.25) is 0 Å². The van der Waals surface area contributed by atoms with Crippen LogP contribution in [-0.2, 0) is 0 Å². The van der Waals surface area contributed by atoms with Gasteiger partial charge in [0.05, 0.1) is 0 Å². The van der Waals surface area contributed by atoms with Gasteiger partial charge in [-0.3, -0.25) is 4.79 Å². The largest absolute Gasteiger partial charge is 0.354 e. The molecule has 0 aromatic carbocycles. The van der Waals surface area contributed by atoms with Crippen molar-refractivity contribution in [1.82, 2.24) is 15.3 Å². The molecule has 4 nitrogen and oxygen atoms in total. The number of carbonyl (C=O) groups is 1. The lowest BCUT2D eigenvalue weighted by Crippen LogP contribution is -2.19. The Bertz CT molecular complexity index is 527. The van der Waals surface area contributed by atoms with Gasteiger partial charge in [-0.1, -0.05) is 0 Å². The summed E-state index contributed by atoms with van der Waals surface area (Å²) in [6.07, 6.45) is 1.66. The van der Waals surface area contributed by atoms with Gasteiger partial charge >= 0.3 is 0 Å². The summed E-state index contributed by atoms with van der Waals surface area (Å²) in [7, 11) is 1.57. The molecule has 0 spiro atoms. The second-order valence-electron chi connectivity index (χ2n) is 2.98. The summed E-state index contributed by atoms with van der Waals surface area (Å²) in [6.45, 7) is 0. The Kier molecular flexibility index (Phi) is 2.64. The van der Waals surface area contributed by atoms with Crippen molar-refractivity contribution in [2.45, 2.75) is 0 Å². The number of halogens is 1. The molecule has 0 saturated carbocycles. The lowest BCUT2D eigenvalue weighted by atomic mass is 10.2. The summed E-state index contributed by atoms with van der Waals surface area (Å²) >= 11 is 3.32. The third-order valence-electron chi connectivity index (χ3n) is 1.97. The molecule has 0 fully saturated rings. The fourth-order valence-corrected chi connectivity index (χ4v) is 1.59. The fraction of sp³-hybridized carbons (Fsp3) is 0.100. The van der Waals surface area contributed by atoms with Gasteiger partial charge in [0, 0.05) is 23.1 Å². The van der Waals surface area contributed by atoms with Gasteiger partial charge < -0.3 is 5.32 Å². The molecule has 0 saturated heterocycles. The molecule has 76 valence electrons. The molecular formula is C10H8BrN3O. The monoisotopic (exact) mass is 265 g/mol. The van der Waals surface area contributed by atoms with E-state index in [1.807, 2.05) is 12.1 Å². The average Bonchev–Trinajstić information content (AvgIpc) is 2.27. The van der Waals surface area contributed by atoms with Gasteiger partial charge in [0.1, 0.15) is 5.69 Å². The first-order valence-electron chi connectivity index (χ1n) is 4.35. The van der Waals surface area contributed by atoms with Gasteiger partial charge in [-0.25, -0.2) is 9.97 Å². The van der Waals surface area contributed by atoms with Crippen molar-refractivity contribution in [2.75, 3.05) is 7.05 Å². The second-order valence-corrected chi connectivity index (χ2v) is 3.89. The SMILES string of the molecule is CNC(=O)c1ccc2cc(Br)cnc2n1. The van der Waals surface area contributed by atoms with Crippen molar-refractivity contribution in [3.05, 3.63) is 34.6 Å². The zero-order valence-corrected chi connectivity index (χ0v) is 9.58. The molecule has 0 atom stereocenters. The molecule has 2 rings (SSSR count). The lowest BCUT2D eigenvalue weighted by Gasteiger charge is -2.01. The molecule has 0 aliphatic carbocycles. The molecule has 0 aliphatic rings. The van der Waals surface area contributed by atoms with Crippen LogP contribution < -0.4 is 5.32 Å². The number of hydrogen-bond acceptors (Lipinski definition) is 3. The highest BCUT2D eigenvalue weighted by Gasteiger charge is 2.06. The summed E-state index contributed by atoms with van der Waals surface area (Å²) in [4.78, 5) is 19.6. The minimum absolute atomic E-state index is 0.207. The molecule has 15 heavy (non-hydrogen) atoms. The lowest BCUT2D eigenvalue weighted by molar-refractivity contribution is 0.0958. The van der Waals surface area contributed by atoms with Crippen molar-refractivity contribution in [2.24, 2.45) is 0 Å². The van der Waals surface area contributed by atoms with Gasteiger partial charge in [-0.2, -0.15) is 0 Å². The molecule has 0 aliphatic heterocycles. The third kappa shape index (κ3) is 1.97. The quantitative estimate of drug-likeness (QED) is 0.855. The standard InChI is InChI=1S/C10H8BrN3O/c1-12-10(15)8-3-2-6-4-7(11)5-13-9(6)14-8/h2-5H,1H3,(H,12,15). The molecule has 0 bridgehead atoms. The molecule has 0 radical (unpaired) electrons. The fourth-order valence-electron chi connectivity index (χ4n) is 1.24. The summed E-state index contributed by atoms with van der Waals surface area (Å²) in [5.74, 6) is -0.207. The topological polar surface area (TPSA) is 54.9 Å². The Morgan fingerprint density at radius 3 is 3.00 bits per heavy atom. The van der Waals surface area contributed by atoms with E-state index in [1.54, 1.807) is 19.3 Å². The Morgan fingerprint density at radius 2 is 2.27 bits per heavy atom. The molecule has 2 aromatic heterocycles. The van der Waals surface area contributed by atoms with E-state index in [1.165, 1.54) is 0 Å². The smallest absolute Gasteiger partial charge is 0.269 e. The van der Waals surface area contributed by atoms with E-state index in [0.717, 1.165) is 9.86 Å². The minimum atomic E-state index is -0.207. The number of carbonyl (C=O) groups excluding carboxylic acids is 1. The Morgan fingerprint density at radius 1 is 1.47 bits per heavy atom. The molecule has 2 heterocycles. The maximum absolute atomic E-state index is 11.3. The van der Waals surface area contributed by atoms with Crippen molar-refractivity contribution in [1.29, 1.82) is 0 Å². The van der Waals surface area contributed by atoms with Crippen LogP contribution in [0.2, 0.25) is 0 Å². The zero-order valence-electron chi connectivity index (χ0n) is 7.99. The normalized spacial score (nSPS) is 10.3. The first kappa shape index (κ1) is 10.0. The van der Waals surface area contributed by atoms with E-state index in [2.05, 4.69) is 31.2 Å². The molecule has 5 heteroatoms. The zero-order chi connectivity index (χ0) is 10.8. The summed E-state index contributed by atoms with van der Waals surface area (Å²) < 4.78 is 0.893. The van der Waals surface area contributed by atoms with E-state index in [0.29, 0.717) is 11.3 Å². The molecule has 2 aromatic rings. The van der Waals surface area contributed by atoms with Gasteiger partial charge in [-0.05, 0) is 34.1 Å². The summed E-state index contributed by atoms with van der Waals surface area (Å²) in [5.41, 5.74) is 0.944. The number of fused-ring (bicyclic) bond motifs is 1. The van der Waals surface area contributed by atoms with Crippen molar-refractivity contribution >= 4 is 32.9 Å². The number of hydrogen-bond donors (Lipinski definition) is 1. The van der Waals surface area contributed by atoms with E-state index < -0.39 is 0 Å². The van der Waals surface area contributed by atoms with Gasteiger partial charge in [0.25, 0.3) is 5.91 Å². The van der Waals surface area contributed by atoms with E-state index in [9.17, 15) is 4.79 Å². The van der Waals surface area contributed by atoms with Crippen LogP contribution in [0.4, 0.5) is 0 Å². The summed E-state index contributed by atoms with van der Waals surface area (Å²) in [5, 5.41) is 3.42. The van der Waals surface area contributed by atoms with E-state index in [-0.39, 0.29) is 5.91 Å². The molecule has 1 amide bonds. The summed E-state index contributed by atoms with van der Waals surface area (Å²) in [6, 6.07) is 5.41. The second kappa shape index (κ2) is 3.94. The average molecular weight is 266 g/mol. The first-order chi connectivity index (χ1) is 7.20.